The second-order valence-corrected chi connectivity index (χ2v) is 7.58. The van der Waals surface area contributed by atoms with E-state index in [-0.39, 0.29) is 54.9 Å². The predicted molar refractivity (Wildman–Crippen MR) is 106 cm³/mol. The second kappa shape index (κ2) is 8.17. The number of anilines is 1. The minimum Gasteiger partial charge on any atom is -0.417 e. The summed E-state index contributed by atoms with van der Waals surface area (Å²) in [6.07, 6.45) is -0.122. The van der Waals surface area contributed by atoms with Crippen LogP contribution in [0.1, 0.15) is 24.3 Å². The van der Waals surface area contributed by atoms with Gasteiger partial charge >= 0.3 is 0 Å². The van der Waals surface area contributed by atoms with Crippen LogP contribution in [0.3, 0.4) is 0 Å². The molecule has 160 valence electrons. The molecule has 2 aromatic heterocycles. The number of nitrogens with zero attached hydrogens (tertiary/aromatic N) is 6. The van der Waals surface area contributed by atoms with E-state index in [1.165, 1.54) is 18.2 Å². The number of rotatable bonds is 5. The van der Waals surface area contributed by atoms with E-state index in [1.807, 2.05) is 6.07 Å². The van der Waals surface area contributed by atoms with Crippen molar-refractivity contribution in [2.45, 2.75) is 25.4 Å². The largest absolute Gasteiger partial charge is 0.417 e. The molecule has 1 aliphatic heterocycles. The molecule has 0 amide bonds. The molecule has 0 atom stereocenters. The zero-order chi connectivity index (χ0) is 22.1. The zero-order valence-electron chi connectivity index (χ0n) is 16.2. The van der Waals surface area contributed by atoms with Crippen LogP contribution in [0.2, 0.25) is 5.02 Å². The van der Waals surface area contributed by atoms with Gasteiger partial charge in [-0.15, -0.1) is 20.4 Å². The van der Waals surface area contributed by atoms with Crippen LogP contribution in [0, 0.1) is 16.7 Å². The van der Waals surface area contributed by atoms with Crippen LogP contribution in [0.15, 0.2) is 40.8 Å². The molecule has 1 aromatic carbocycles. The van der Waals surface area contributed by atoms with Gasteiger partial charge in [0.2, 0.25) is 5.89 Å². The van der Waals surface area contributed by atoms with Gasteiger partial charge in [0, 0.05) is 23.7 Å². The van der Waals surface area contributed by atoms with Gasteiger partial charge in [0.1, 0.15) is 17.7 Å². The van der Waals surface area contributed by atoms with Gasteiger partial charge in [-0.2, -0.15) is 14.0 Å². The molecular weight excluding hydrogens is 430 g/mol. The third-order valence-corrected chi connectivity index (χ3v) is 5.77. The molecule has 11 heteroatoms. The van der Waals surface area contributed by atoms with Gasteiger partial charge in [0.05, 0.1) is 6.07 Å². The van der Waals surface area contributed by atoms with Crippen LogP contribution >= 0.6 is 11.6 Å². The number of nitriles is 1. The SMILES string of the molecule is N#CC1(C(F)(F)c2ccccc2Cl)CCN(c2ccc(-c3nnc(CO)o3)nn2)CC1. The normalized spacial score (nSPS) is 16.2. The second-order valence-electron chi connectivity index (χ2n) is 7.17. The van der Waals surface area contributed by atoms with E-state index in [0.29, 0.717) is 11.5 Å². The minimum absolute atomic E-state index is 0.0589. The summed E-state index contributed by atoms with van der Waals surface area (Å²) in [7, 11) is 0. The fraction of sp³-hybridized carbons (Fsp3) is 0.350. The first-order valence-corrected chi connectivity index (χ1v) is 9.84. The van der Waals surface area contributed by atoms with Gasteiger partial charge in [-0.1, -0.05) is 29.8 Å². The highest BCUT2D eigenvalue weighted by atomic mass is 35.5. The lowest BCUT2D eigenvalue weighted by Gasteiger charge is -2.42. The van der Waals surface area contributed by atoms with Crippen LogP contribution < -0.4 is 4.90 Å². The van der Waals surface area contributed by atoms with E-state index in [9.17, 15) is 5.26 Å². The summed E-state index contributed by atoms with van der Waals surface area (Å²) >= 11 is 6.00. The molecule has 0 aliphatic carbocycles. The molecule has 0 spiro atoms. The Balaban J connectivity index is 1.51. The van der Waals surface area contributed by atoms with E-state index in [2.05, 4.69) is 20.4 Å². The van der Waals surface area contributed by atoms with Gasteiger partial charge in [-0.25, -0.2) is 0 Å². The van der Waals surface area contributed by atoms with Crippen LogP contribution in [0.4, 0.5) is 14.6 Å². The number of piperidine rings is 1. The molecule has 3 heterocycles. The molecule has 0 saturated carbocycles. The van der Waals surface area contributed by atoms with Crippen LogP contribution in [0.5, 0.6) is 0 Å². The Kier molecular flexibility index (Phi) is 5.56. The standard InChI is InChI=1S/C20H17ClF2N6O2/c21-14-4-2-1-3-13(14)20(22,23)19(12-24)7-9-29(10-8-19)16-6-5-15(25-26-16)18-28-27-17(11-30)31-18/h1-6,30H,7-11H2. The van der Waals surface area contributed by atoms with Gasteiger partial charge in [0.25, 0.3) is 11.8 Å². The summed E-state index contributed by atoms with van der Waals surface area (Å²) in [5, 5.41) is 34.2. The Hall–Kier alpha value is -3.16. The number of alkyl halides is 2. The molecule has 0 radical (unpaired) electrons. The summed E-state index contributed by atoms with van der Waals surface area (Å²) in [5.74, 6) is -2.74. The Morgan fingerprint density at radius 1 is 1.13 bits per heavy atom. The lowest BCUT2D eigenvalue weighted by Crippen LogP contribution is -2.48. The van der Waals surface area contributed by atoms with Crippen molar-refractivity contribution in [3.63, 3.8) is 0 Å². The Bertz CT molecular complexity index is 1110. The van der Waals surface area contributed by atoms with Gasteiger partial charge < -0.3 is 14.4 Å². The third-order valence-electron chi connectivity index (χ3n) is 5.44. The average molecular weight is 447 g/mol. The average Bonchev–Trinajstić information content (AvgIpc) is 3.29. The maximum atomic E-state index is 15.4. The maximum Gasteiger partial charge on any atom is 0.293 e. The fourth-order valence-corrected chi connectivity index (χ4v) is 3.87. The number of aliphatic hydroxyl groups is 1. The van der Waals surface area contributed by atoms with Crippen molar-refractivity contribution in [1.82, 2.24) is 20.4 Å². The summed E-state index contributed by atoms with van der Waals surface area (Å²) in [4.78, 5) is 1.79. The van der Waals surface area contributed by atoms with Gasteiger partial charge in [-0.3, -0.25) is 0 Å². The van der Waals surface area contributed by atoms with Crippen LogP contribution in [0.25, 0.3) is 11.6 Å². The van der Waals surface area contributed by atoms with E-state index >= 15 is 8.78 Å². The van der Waals surface area contributed by atoms with Crippen molar-refractivity contribution in [3.8, 4) is 17.7 Å². The number of hydrogen-bond donors (Lipinski definition) is 1. The number of aliphatic hydroxyl groups excluding tert-OH is 1. The molecular formula is C20H17ClF2N6O2. The van der Waals surface area contributed by atoms with Crippen molar-refractivity contribution in [2.75, 3.05) is 18.0 Å². The van der Waals surface area contributed by atoms with Gasteiger partial charge in [0.15, 0.2) is 5.82 Å². The monoisotopic (exact) mass is 446 g/mol. The first kappa shape index (κ1) is 21.1. The highest BCUT2D eigenvalue weighted by Gasteiger charge is 2.57. The quantitative estimate of drug-likeness (QED) is 0.633. The molecule has 1 aliphatic rings. The molecule has 0 bridgehead atoms. The summed E-state index contributed by atoms with van der Waals surface area (Å²) in [6, 6.07) is 10.9. The molecule has 1 fully saturated rings. The van der Waals surface area contributed by atoms with E-state index in [1.54, 1.807) is 23.1 Å². The third kappa shape index (κ3) is 3.71. The van der Waals surface area contributed by atoms with E-state index in [0.717, 1.165) is 0 Å². The molecule has 0 unspecified atom stereocenters. The Morgan fingerprint density at radius 3 is 2.45 bits per heavy atom. The molecule has 4 rings (SSSR count). The summed E-state index contributed by atoms with van der Waals surface area (Å²) in [5.41, 5.74) is -1.88. The Morgan fingerprint density at radius 2 is 1.87 bits per heavy atom. The fourth-order valence-electron chi connectivity index (χ4n) is 3.62. The molecule has 3 aromatic rings. The number of benzene rings is 1. The number of hydrogen-bond acceptors (Lipinski definition) is 8. The van der Waals surface area contributed by atoms with Crippen molar-refractivity contribution in [2.24, 2.45) is 5.41 Å². The number of halogens is 3. The maximum absolute atomic E-state index is 15.4. The molecule has 1 N–H and O–H groups in total. The highest BCUT2D eigenvalue weighted by Crippen LogP contribution is 2.52. The highest BCUT2D eigenvalue weighted by molar-refractivity contribution is 6.31. The van der Waals surface area contributed by atoms with E-state index < -0.39 is 11.3 Å². The minimum atomic E-state index is -3.40. The Labute approximate surface area is 181 Å². The van der Waals surface area contributed by atoms with Crippen LogP contribution in [-0.4, -0.2) is 38.6 Å². The summed E-state index contributed by atoms with van der Waals surface area (Å²) < 4.78 is 35.9. The molecule has 8 nitrogen and oxygen atoms in total. The summed E-state index contributed by atoms with van der Waals surface area (Å²) in [6.45, 7) is 0.0272. The topological polar surface area (TPSA) is 112 Å². The van der Waals surface area contributed by atoms with Crippen LogP contribution in [-0.2, 0) is 12.5 Å². The smallest absolute Gasteiger partial charge is 0.293 e. The lowest BCUT2D eigenvalue weighted by atomic mass is 9.72. The zero-order valence-corrected chi connectivity index (χ0v) is 16.9. The van der Waals surface area contributed by atoms with E-state index in [4.69, 9.17) is 21.1 Å². The predicted octanol–water partition coefficient (Wildman–Crippen LogP) is 3.57. The van der Waals surface area contributed by atoms with Crippen molar-refractivity contribution >= 4 is 17.4 Å². The lowest BCUT2D eigenvalue weighted by molar-refractivity contribution is -0.112. The van der Waals surface area contributed by atoms with Crippen molar-refractivity contribution < 1.29 is 18.3 Å². The molecule has 31 heavy (non-hydrogen) atoms. The number of aromatic nitrogens is 4. The first-order chi connectivity index (χ1) is 14.9. The van der Waals surface area contributed by atoms with Crippen molar-refractivity contribution in [3.05, 3.63) is 52.9 Å². The molecule has 1 saturated heterocycles. The van der Waals surface area contributed by atoms with Gasteiger partial charge in [-0.05, 0) is 31.0 Å². The first-order valence-electron chi connectivity index (χ1n) is 9.46. The van der Waals surface area contributed by atoms with Crippen molar-refractivity contribution in [1.29, 1.82) is 5.26 Å².